The van der Waals surface area contributed by atoms with Gasteiger partial charge in [0.2, 0.25) is 0 Å². The molecular formula is C52H34N2O. The zero-order chi connectivity index (χ0) is 36.3. The number of hydrogen-bond donors (Lipinski definition) is 0. The molecule has 0 saturated carbocycles. The molecule has 11 aromatic rings. The first kappa shape index (κ1) is 31.2. The Bertz CT molecular complexity index is 3180. The van der Waals surface area contributed by atoms with Crippen LogP contribution in [0.5, 0.6) is 0 Å². The van der Waals surface area contributed by atoms with Gasteiger partial charge < -0.3 is 13.9 Å². The van der Waals surface area contributed by atoms with Crippen molar-refractivity contribution in [3.63, 3.8) is 0 Å². The van der Waals surface area contributed by atoms with Gasteiger partial charge in [-0.2, -0.15) is 0 Å². The fourth-order valence-corrected chi connectivity index (χ4v) is 8.32. The molecule has 9 aromatic carbocycles. The predicted octanol–water partition coefficient (Wildman–Crippen LogP) is 14.6. The maximum absolute atomic E-state index is 6.51. The summed E-state index contributed by atoms with van der Waals surface area (Å²) in [6, 6.07) is 73.9. The number of para-hydroxylation sites is 2. The van der Waals surface area contributed by atoms with E-state index >= 15 is 0 Å². The third-order valence-electron chi connectivity index (χ3n) is 11.0. The highest BCUT2D eigenvalue weighted by Gasteiger charge is 2.18. The standard InChI is InChI=1S/C52H34N2O/c1-3-11-35(12-4-1)36-19-25-41(26-20-36)53(43-29-32-51-48(34-43)46-30-23-38-13-7-8-16-44(38)52(46)55-51)42-27-21-37(22-28-42)39-24-31-50-47(33-39)45-17-9-10-18-49(45)54(50)40-14-5-2-6-15-40/h1-34H. The summed E-state index contributed by atoms with van der Waals surface area (Å²) < 4.78 is 8.87. The van der Waals surface area contributed by atoms with Gasteiger partial charge in [0.1, 0.15) is 11.2 Å². The zero-order valence-corrected chi connectivity index (χ0v) is 29.9. The van der Waals surface area contributed by atoms with E-state index in [4.69, 9.17) is 4.42 Å². The smallest absolute Gasteiger partial charge is 0.143 e. The van der Waals surface area contributed by atoms with E-state index < -0.39 is 0 Å². The van der Waals surface area contributed by atoms with Crippen molar-refractivity contribution >= 4 is 71.6 Å². The first-order chi connectivity index (χ1) is 27.3. The second-order valence-corrected chi connectivity index (χ2v) is 14.2. The minimum atomic E-state index is 0.883. The summed E-state index contributed by atoms with van der Waals surface area (Å²) in [5.74, 6) is 0. The lowest BCUT2D eigenvalue weighted by molar-refractivity contribution is 0.672. The van der Waals surface area contributed by atoms with Crippen molar-refractivity contribution in [2.45, 2.75) is 0 Å². The average Bonchev–Trinajstić information content (AvgIpc) is 3.80. The SMILES string of the molecule is c1ccc(-c2ccc(N(c3ccc(-c4ccc5c(c4)c4ccccc4n5-c4ccccc4)cc3)c3ccc4oc5c6ccccc6ccc5c4c3)cc2)cc1. The van der Waals surface area contributed by atoms with Gasteiger partial charge in [0.25, 0.3) is 0 Å². The fourth-order valence-electron chi connectivity index (χ4n) is 8.32. The molecule has 0 radical (unpaired) electrons. The topological polar surface area (TPSA) is 21.3 Å². The number of benzene rings is 9. The summed E-state index contributed by atoms with van der Waals surface area (Å²) in [7, 11) is 0. The van der Waals surface area contributed by atoms with Crippen molar-refractivity contribution in [3.8, 4) is 27.9 Å². The molecule has 0 atom stereocenters. The summed E-state index contributed by atoms with van der Waals surface area (Å²) in [6.45, 7) is 0. The summed E-state index contributed by atoms with van der Waals surface area (Å²) in [6.07, 6.45) is 0. The quantitative estimate of drug-likeness (QED) is 0.172. The van der Waals surface area contributed by atoms with Crippen LogP contribution in [-0.4, -0.2) is 4.57 Å². The van der Waals surface area contributed by atoms with Crippen LogP contribution in [0.2, 0.25) is 0 Å². The number of aromatic nitrogens is 1. The van der Waals surface area contributed by atoms with E-state index in [2.05, 4.69) is 216 Å². The van der Waals surface area contributed by atoms with Crippen LogP contribution < -0.4 is 4.90 Å². The summed E-state index contributed by atoms with van der Waals surface area (Å²) in [5, 5.41) is 7.02. The van der Waals surface area contributed by atoms with E-state index in [1.807, 2.05) is 0 Å². The summed E-state index contributed by atoms with van der Waals surface area (Å²) >= 11 is 0. The molecule has 0 N–H and O–H groups in total. The van der Waals surface area contributed by atoms with E-state index in [0.29, 0.717) is 0 Å². The highest BCUT2D eigenvalue weighted by Crippen LogP contribution is 2.42. The second-order valence-electron chi connectivity index (χ2n) is 14.2. The molecule has 0 amide bonds. The van der Waals surface area contributed by atoms with Crippen LogP contribution in [-0.2, 0) is 0 Å². The van der Waals surface area contributed by atoms with E-state index in [-0.39, 0.29) is 0 Å². The van der Waals surface area contributed by atoms with Crippen molar-refractivity contribution in [2.75, 3.05) is 4.90 Å². The lowest BCUT2D eigenvalue weighted by Crippen LogP contribution is -2.09. The van der Waals surface area contributed by atoms with Gasteiger partial charge in [0, 0.05) is 49.7 Å². The van der Waals surface area contributed by atoms with Crippen LogP contribution >= 0.6 is 0 Å². The first-order valence-electron chi connectivity index (χ1n) is 18.8. The third-order valence-corrected chi connectivity index (χ3v) is 11.0. The van der Waals surface area contributed by atoms with Crippen molar-refractivity contribution in [1.29, 1.82) is 0 Å². The Kier molecular flexibility index (Phi) is 7.17. The molecule has 0 aliphatic carbocycles. The molecular weight excluding hydrogens is 669 g/mol. The largest absolute Gasteiger partial charge is 0.455 e. The van der Waals surface area contributed by atoms with E-state index in [1.54, 1.807) is 0 Å². The van der Waals surface area contributed by atoms with Gasteiger partial charge in [0.15, 0.2) is 0 Å². The number of anilines is 3. The summed E-state index contributed by atoms with van der Waals surface area (Å²) in [5.41, 5.74) is 13.4. The zero-order valence-electron chi connectivity index (χ0n) is 29.9. The van der Waals surface area contributed by atoms with E-state index in [0.717, 1.165) is 50.1 Å². The number of fused-ring (bicyclic) bond motifs is 8. The number of nitrogens with zero attached hydrogens (tertiary/aromatic N) is 2. The fraction of sp³-hybridized carbons (Fsp3) is 0. The van der Waals surface area contributed by atoms with Crippen molar-refractivity contribution < 1.29 is 4.42 Å². The van der Waals surface area contributed by atoms with Gasteiger partial charge in [-0.05, 0) is 107 Å². The molecule has 3 heteroatoms. The molecule has 258 valence electrons. The van der Waals surface area contributed by atoms with E-state index in [9.17, 15) is 0 Å². The van der Waals surface area contributed by atoms with Crippen LogP contribution in [0.15, 0.2) is 211 Å². The Morgan fingerprint density at radius 2 is 0.927 bits per heavy atom. The van der Waals surface area contributed by atoms with Crippen LogP contribution in [0.25, 0.3) is 82.5 Å². The van der Waals surface area contributed by atoms with Crippen LogP contribution in [0.3, 0.4) is 0 Å². The first-order valence-corrected chi connectivity index (χ1v) is 18.8. The van der Waals surface area contributed by atoms with Gasteiger partial charge in [-0.1, -0.05) is 127 Å². The Hall–Kier alpha value is -7.36. The molecule has 0 spiro atoms. The second kappa shape index (κ2) is 12.6. The maximum Gasteiger partial charge on any atom is 0.143 e. The molecule has 0 saturated heterocycles. The number of furan rings is 1. The molecule has 3 nitrogen and oxygen atoms in total. The Morgan fingerprint density at radius 3 is 1.69 bits per heavy atom. The Morgan fingerprint density at radius 1 is 0.345 bits per heavy atom. The highest BCUT2D eigenvalue weighted by atomic mass is 16.3. The van der Waals surface area contributed by atoms with E-state index in [1.165, 1.54) is 49.4 Å². The Labute approximate surface area is 318 Å². The molecule has 0 unspecified atom stereocenters. The normalized spacial score (nSPS) is 11.6. The van der Waals surface area contributed by atoms with Crippen LogP contribution in [0, 0.1) is 0 Å². The molecule has 11 rings (SSSR count). The minimum absolute atomic E-state index is 0.883. The molecule has 2 aromatic heterocycles. The van der Waals surface area contributed by atoms with Crippen molar-refractivity contribution in [1.82, 2.24) is 4.57 Å². The van der Waals surface area contributed by atoms with Gasteiger partial charge in [0.05, 0.1) is 11.0 Å². The summed E-state index contributed by atoms with van der Waals surface area (Å²) in [4.78, 5) is 2.34. The molecule has 0 aliphatic rings. The highest BCUT2D eigenvalue weighted by molar-refractivity contribution is 6.16. The van der Waals surface area contributed by atoms with Gasteiger partial charge in [-0.25, -0.2) is 0 Å². The van der Waals surface area contributed by atoms with Crippen LogP contribution in [0.4, 0.5) is 17.1 Å². The number of rotatable bonds is 6. The molecule has 0 fully saturated rings. The van der Waals surface area contributed by atoms with Gasteiger partial charge >= 0.3 is 0 Å². The molecule has 55 heavy (non-hydrogen) atoms. The van der Waals surface area contributed by atoms with Gasteiger partial charge in [-0.15, -0.1) is 0 Å². The lowest BCUT2D eigenvalue weighted by Gasteiger charge is -2.26. The third kappa shape index (κ3) is 5.20. The van der Waals surface area contributed by atoms with Crippen molar-refractivity contribution in [2.24, 2.45) is 0 Å². The monoisotopic (exact) mass is 702 g/mol. The average molecular weight is 703 g/mol. The Balaban J connectivity index is 1.03. The molecule has 0 aliphatic heterocycles. The maximum atomic E-state index is 6.51. The molecule has 0 bridgehead atoms. The minimum Gasteiger partial charge on any atom is -0.455 e. The number of hydrogen-bond acceptors (Lipinski definition) is 2. The van der Waals surface area contributed by atoms with Crippen LogP contribution in [0.1, 0.15) is 0 Å². The van der Waals surface area contributed by atoms with Gasteiger partial charge in [-0.3, -0.25) is 0 Å². The van der Waals surface area contributed by atoms with Crippen molar-refractivity contribution in [3.05, 3.63) is 206 Å². The lowest BCUT2D eigenvalue weighted by atomic mass is 10.0. The predicted molar refractivity (Wildman–Crippen MR) is 231 cm³/mol. The molecule has 2 heterocycles.